The van der Waals surface area contributed by atoms with Crippen LogP contribution in [0.5, 0.6) is 0 Å². The summed E-state index contributed by atoms with van der Waals surface area (Å²) in [5.74, 6) is -0.911. The third-order valence-electron chi connectivity index (χ3n) is 12.6. The molecule has 0 saturated carbocycles. The summed E-state index contributed by atoms with van der Waals surface area (Å²) in [6, 6.07) is 0. The molecule has 0 radical (unpaired) electrons. The Morgan fingerprint density at radius 1 is 0.438 bits per heavy atom. The highest BCUT2D eigenvalue weighted by Crippen LogP contribution is 2.26. The van der Waals surface area contributed by atoms with Gasteiger partial charge in [0.1, 0.15) is 55.4 Å². The van der Waals surface area contributed by atoms with Gasteiger partial charge in [0.25, 0.3) is 0 Å². The first-order valence-electron chi connectivity index (χ1n) is 25.6. The molecule has 2 fully saturated rings. The minimum absolute atomic E-state index is 0.173. The first-order chi connectivity index (χ1) is 31.0. The van der Waals surface area contributed by atoms with Crippen LogP contribution in [0.1, 0.15) is 206 Å². The number of carbonyl (C=O) groups is 2. The third-order valence-corrected chi connectivity index (χ3v) is 12.6. The molecule has 7 N–H and O–H groups in total. The van der Waals surface area contributed by atoms with E-state index in [1.807, 2.05) is 0 Å². The van der Waals surface area contributed by atoms with Crippen LogP contribution in [0.4, 0.5) is 0 Å². The zero-order valence-electron chi connectivity index (χ0n) is 39.8. The summed E-state index contributed by atoms with van der Waals surface area (Å²) >= 11 is 0. The first kappa shape index (κ1) is 58.6. The van der Waals surface area contributed by atoms with Crippen LogP contribution in [0, 0.1) is 0 Å². The molecule has 0 aromatic rings. The number of carbonyl (C=O) groups excluding carboxylic acids is 2. The van der Waals surface area contributed by atoms with Crippen molar-refractivity contribution < 1.29 is 73.8 Å². The number of hydrogen-bond donors (Lipinski definition) is 7. The summed E-state index contributed by atoms with van der Waals surface area (Å²) in [6.45, 7) is 2.62. The van der Waals surface area contributed by atoms with E-state index >= 15 is 0 Å². The van der Waals surface area contributed by atoms with Gasteiger partial charge in [0, 0.05) is 12.8 Å². The fourth-order valence-corrected chi connectivity index (χ4v) is 8.34. The molecule has 15 heteroatoms. The van der Waals surface area contributed by atoms with E-state index in [2.05, 4.69) is 13.8 Å². The lowest BCUT2D eigenvalue weighted by molar-refractivity contribution is -0.332. The second-order valence-electron chi connectivity index (χ2n) is 18.4. The van der Waals surface area contributed by atoms with Gasteiger partial charge in [0.05, 0.1) is 19.8 Å². The van der Waals surface area contributed by atoms with Gasteiger partial charge in [-0.2, -0.15) is 0 Å². The largest absolute Gasteiger partial charge is 0.462 e. The second-order valence-corrected chi connectivity index (χ2v) is 18.4. The van der Waals surface area contributed by atoms with E-state index in [0.717, 1.165) is 38.5 Å². The molecule has 2 rings (SSSR count). The molecule has 0 spiro atoms. The van der Waals surface area contributed by atoms with Crippen molar-refractivity contribution in [1.82, 2.24) is 0 Å². The zero-order valence-corrected chi connectivity index (χ0v) is 39.8. The molecule has 2 aliphatic heterocycles. The summed E-state index contributed by atoms with van der Waals surface area (Å²) in [5, 5.41) is 72.0. The summed E-state index contributed by atoms with van der Waals surface area (Å²) in [4.78, 5) is 25.7. The van der Waals surface area contributed by atoms with Crippen molar-refractivity contribution in [3.8, 4) is 0 Å². The van der Waals surface area contributed by atoms with Gasteiger partial charge in [-0.15, -0.1) is 0 Å². The summed E-state index contributed by atoms with van der Waals surface area (Å²) in [5.41, 5.74) is 0. The number of rotatable bonds is 40. The number of unbranched alkanes of at least 4 members (excludes halogenated alkanes) is 26. The third kappa shape index (κ3) is 25.6. The maximum atomic E-state index is 13.0. The lowest BCUT2D eigenvalue weighted by Gasteiger charge is -2.42. The van der Waals surface area contributed by atoms with Crippen LogP contribution in [0.15, 0.2) is 0 Å². The quantitative estimate of drug-likeness (QED) is 0.0247. The van der Waals surface area contributed by atoms with Gasteiger partial charge in [0.2, 0.25) is 0 Å². The maximum absolute atomic E-state index is 13.0. The van der Waals surface area contributed by atoms with Crippen LogP contribution < -0.4 is 0 Å². The highest BCUT2D eigenvalue weighted by Gasteiger charge is 2.47. The topological polar surface area (TPSA) is 231 Å². The Bertz CT molecular complexity index is 1130. The molecule has 0 aromatic heterocycles. The van der Waals surface area contributed by atoms with Crippen molar-refractivity contribution in [2.75, 3.05) is 26.4 Å². The average molecular weight is 921 g/mol. The second kappa shape index (κ2) is 37.5. The first-order valence-corrected chi connectivity index (χ1v) is 25.6. The monoisotopic (exact) mass is 921 g/mol. The molecule has 0 amide bonds. The van der Waals surface area contributed by atoms with E-state index in [0.29, 0.717) is 12.8 Å². The van der Waals surface area contributed by atoms with E-state index < -0.39 is 92.7 Å². The summed E-state index contributed by atoms with van der Waals surface area (Å²) < 4.78 is 33.6. The van der Waals surface area contributed by atoms with Gasteiger partial charge in [-0.05, 0) is 12.8 Å². The summed E-state index contributed by atoms with van der Waals surface area (Å²) in [6.07, 6.45) is 17.0. The van der Waals surface area contributed by atoms with E-state index in [9.17, 15) is 45.3 Å². The van der Waals surface area contributed by atoms with Crippen molar-refractivity contribution in [2.45, 2.75) is 274 Å². The Kier molecular flexibility index (Phi) is 34.3. The smallest absolute Gasteiger partial charge is 0.306 e. The molecule has 15 nitrogen and oxygen atoms in total. The molecule has 378 valence electrons. The van der Waals surface area contributed by atoms with Gasteiger partial charge in [-0.3, -0.25) is 9.59 Å². The normalized spacial score (nSPS) is 26.5. The van der Waals surface area contributed by atoms with E-state index in [1.165, 1.54) is 128 Å². The lowest BCUT2D eigenvalue weighted by Crippen LogP contribution is -2.61. The number of hydrogen-bond acceptors (Lipinski definition) is 15. The molecule has 2 aliphatic rings. The highest BCUT2D eigenvalue weighted by atomic mass is 16.7. The molecule has 0 aromatic carbocycles. The Morgan fingerprint density at radius 2 is 0.797 bits per heavy atom. The number of esters is 2. The van der Waals surface area contributed by atoms with Gasteiger partial charge < -0.3 is 64.2 Å². The van der Waals surface area contributed by atoms with Crippen molar-refractivity contribution in [1.29, 1.82) is 0 Å². The van der Waals surface area contributed by atoms with Gasteiger partial charge in [-0.1, -0.05) is 181 Å². The van der Waals surface area contributed by atoms with Crippen molar-refractivity contribution in [3.05, 3.63) is 0 Å². The fraction of sp³-hybridized carbons (Fsp3) is 0.959. The standard InChI is InChI=1S/C49H92O15/c1-3-5-7-9-11-13-15-17-18-20-22-24-26-28-30-32-41(52)62-37(34-59-40(51)31-29-27-25-23-21-19-16-14-12-10-8-6-4-2)35-60-48-47(58)45(56)43(54)39(64-48)36-61-49-46(57)44(55)42(53)38(33-50)63-49/h37-39,42-50,53-58H,3-36H2,1-2H3/t37-,38-,39-,42+,43+,44?,45?,46?,47?,48-,49-/m1/s1. The SMILES string of the molecule is CCCCCCCCCCCCCCCCCC(=O)O[C@H](COC(=O)CCCCCCCCCCCCCCC)CO[C@@H]1O[C@H](CO[C@@H]2O[C@H](CO)[C@H](O)C(O)C2O)[C@H](O)C(O)C1O. The lowest BCUT2D eigenvalue weighted by atomic mass is 9.98. The molecule has 11 atom stereocenters. The van der Waals surface area contributed by atoms with Crippen LogP contribution in [0.3, 0.4) is 0 Å². The zero-order chi connectivity index (χ0) is 46.8. The molecular weight excluding hydrogens is 829 g/mol. The van der Waals surface area contributed by atoms with Crippen LogP contribution in [0.25, 0.3) is 0 Å². The fourth-order valence-electron chi connectivity index (χ4n) is 8.34. The van der Waals surface area contributed by atoms with Gasteiger partial charge in [0.15, 0.2) is 18.7 Å². The van der Waals surface area contributed by atoms with Crippen molar-refractivity contribution in [3.63, 3.8) is 0 Å². The van der Waals surface area contributed by atoms with E-state index in [1.54, 1.807) is 0 Å². The van der Waals surface area contributed by atoms with Crippen LogP contribution in [-0.2, 0) is 38.0 Å². The Hall–Kier alpha value is -1.50. The predicted molar refractivity (Wildman–Crippen MR) is 243 cm³/mol. The molecule has 4 unspecified atom stereocenters. The van der Waals surface area contributed by atoms with Crippen molar-refractivity contribution >= 4 is 11.9 Å². The van der Waals surface area contributed by atoms with Gasteiger partial charge >= 0.3 is 11.9 Å². The molecular formula is C49H92O15. The maximum Gasteiger partial charge on any atom is 0.306 e. The minimum atomic E-state index is -1.76. The number of aliphatic hydroxyl groups is 7. The molecule has 2 saturated heterocycles. The molecule has 64 heavy (non-hydrogen) atoms. The Morgan fingerprint density at radius 3 is 1.22 bits per heavy atom. The molecule has 0 bridgehead atoms. The Balaban J connectivity index is 1.81. The van der Waals surface area contributed by atoms with Crippen LogP contribution >= 0.6 is 0 Å². The van der Waals surface area contributed by atoms with E-state index in [-0.39, 0.29) is 26.1 Å². The summed E-state index contributed by atoms with van der Waals surface area (Å²) in [7, 11) is 0. The number of ether oxygens (including phenoxy) is 6. The number of aliphatic hydroxyl groups excluding tert-OH is 7. The van der Waals surface area contributed by atoms with Crippen LogP contribution in [0.2, 0.25) is 0 Å². The van der Waals surface area contributed by atoms with E-state index in [4.69, 9.17) is 28.4 Å². The van der Waals surface area contributed by atoms with Gasteiger partial charge in [-0.25, -0.2) is 0 Å². The van der Waals surface area contributed by atoms with Crippen molar-refractivity contribution in [2.24, 2.45) is 0 Å². The van der Waals surface area contributed by atoms with Crippen LogP contribution in [-0.4, -0.2) is 142 Å². The average Bonchev–Trinajstić information content (AvgIpc) is 3.29. The minimum Gasteiger partial charge on any atom is -0.462 e. The predicted octanol–water partition coefficient (Wildman–Crippen LogP) is 6.82. The Labute approximate surface area is 385 Å². The molecule has 0 aliphatic carbocycles. The highest BCUT2D eigenvalue weighted by molar-refractivity contribution is 5.70. The molecule has 2 heterocycles.